The molecule has 2 aromatic rings. The Hall–Kier alpha value is -2.95. The Balaban J connectivity index is 0. The standard InChI is InChI=1S/C21H25N5O2.4H2/c1-21(2,28)8-7-15-13-16(20(22)24-14-15)19(27)17-5-3-6-18(25-17)26-11-4-9-23-10-12-26;;;;/h3,5-6,13-14,23,28H,4,9-12H2,1-2H3,(H2,22,24);4*1H. The van der Waals surface area contributed by atoms with E-state index in [1.165, 1.54) is 6.20 Å². The summed E-state index contributed by atoms with van der Waals surface area (Å²) in [6.07, 6.45) is 2.51. The van der Waals surface area contributed by atoms with Crippen LogP contribution in [0.4, 0.5) is 11.6 Å². The molecular formula is C21H33N5O2. The molecule has 3 heterocycles. The molecule has 0 radical (unpaired) electrons. The van der Waals surface area contributed by atoms with Crippen molar-refractivity contribution in [2.24, 2.45) is 0 Å². The quantitative estimate of drug-likeness (QED) is 0.548. The van der Waals surface area contributed by atoms with Crippen LogP contribution in [0.5, 0.6) is 0 Å². The number of ketones is 1. The highest BCUT2D eigenvalue weighted by Crippen LogP contribution is 2.18. The Morgan fingerprint density at radius 3 is 2.96 bits per heavy atom. The average Bonchev–Trinajstić information content (AvgIpc) is 2.96. The van der Waals surface area contributed by atoms with Gasteiger partial charge in [0.2, 0.25) is 5.78 Å². The molecule has 0 aliphatic carbocycles. The monoisotopic (exact) mass is 387 g/mol. The Morgan fingerprint density at radius 1 is 1.36 bits per heavy atom. The van der Waals surface area contributed by atoms with Gasteiger partial charge in [0.05, 0.1) is 5.56 Å². The van der Waals surface area contributed by atoms with E-state index in [1.807, 2.05) is 12.1 Å². The maximum absolute atomic E-state index is 13.0. The normalized spacial score (nSPS) is 14.8. The number of carbonyl (C=O) groups excluding carboxylic acids is 1. The van der Waals surface area contributed by atoms with Gasteiger partial charge in [-0.15, -0.1) is 0 Å². The third-order valence-electron chi connectivity index (χ3n) is 4.31. The molecule has 7 heteroatoms. The summed E-state index contributed by atoms with van der Waals surface area (Å²) in [5.41, 5.74) is 5.88. The molecule has 0 atom stereocenters. The molecule has 0 unspecified atom stereocenters. The molecule has 0 saturated carbocycles. The van der Waals surface area contributed by atoms with Crippen LogP contribution in [0.1, 0.15) is 47.6 Å². The predicted octanol–water partition coefficient (Wildman–Crippen LogP) is 2.20. The first-order valence-electron chi connectivity index (χ1n) is 9.32. The lowest BCUT2D eigenvalue weighted by Gasteiger charge is -2.21. The highest BCUT2D eigenvalue weighted by molar-refractivity contribution is 6.10. The first kappa shape index (κ1) is 19.8. The Morgan fingerprint density at radius 2 is 2.18 bits per heavy atom. The maximum atomic E-state index is 13.0. The first-order chi connectivity index (χ1) is 13.3. The summed E-state index contributed by atoms with van der Waals surface area (Å²) in [6, 6.07) is 7.01. The van der Waals surface area contributed by atoms with Gasteiger partial charge in [-0.3, -0.25) is 4.79 Å². The highest BCUT2D eigenvalue weighted by atomic mass is 16.3. The second-order valence-corrected chi connectivity index (χ2v) is 7.27. The molecule has 1 fully saturated rings. The smallest absolute Gasteiger partial charge is 0.215 e. The number of nitrogen functional groups attached to an aromatic ring is 1. The number of nitrogens with two attached hydrogens (primary N) is 1. The highest BCUT2D eigenvalue weighted by Gasteiger charge is 2.18. The van der Waals surface area contributed by atoms with Crippen molar-refractivity contribution in [1.82, 2.24) is 15.3 Å². The molecule has 0 spiro atoms. The van der Waals surface area contributed by atoms with Gasteiger partial charge in [-0.2, -0.15) is 0 Å². The van der Waals surface area contributed by atoms with E-state index in [1.54, 1.807) is 26.0 Å². The van der Waals surface area contributed by atoms with Crippen LogP contribution in [0.25, 0.3) is 0 Å². The minimum Gasteiger partial charge on any atom is -0.383 e. The molecule has 0 amide bonds. The number of nitrogens with zero attached hydrogens (tertiary/aromatic N) is 3. The van der Waals surface area contributed by atoms with Crippen molar-refractivity contribution in [3.8, 4) is 11.8 Å². The van der Waals surface area contributed by atoms with Gasteiger partial charge in [0.25, 0.3) is 0 Å². The summed E-state index contributed by atoms with van der Waals surface area (Å²) in [7, 11) is 0. The lowest BCUT2D eigenvalue weighted by molar-refractivity contribution is 0.103. The molecule has 1 aliphatic heterocycles. The van der Waals surface area contributed by atoms with Crippen molar-refractivity contribution >= 4 is 17.4 Å². The van der Waals surface area contributed by atoms with Crippen LogP contribution in [0, 0.1) is 11.8 Å². The third kappa shape index (κ3) is 5.06. The molecule has 4 N–H and O–H groups in total. The van der Waals surface area contributed by atoms with Gasteiger partial charge in [0.15, 0.2) is 0 Å². The number of hydrogen-bond acceptors (Lipinski definition) is 7. The summed E-state index contributed by atoms with van der Waals surface area (Å²) in [5, 5.41) is 13.1. The number of hydrogen-bond donors (Lipinski definition) is 3. The van der Waals surface area contributed by atoms with Gasteiger partial charge in [-0.05, 0) is 45.0 Å². The van der Waals surface area contributed by atoms with Gasteiger partial charge in [0, 0.05) is 37.1 Å². The predicted molar refractivity (Wildman–Crippen MR) is 118 cm³/mol. The van der Waals surface area contributed by atoms with Crippen molar-refractivity contribution < 1.29 is 15.6 Å². The van der Waals surface area contributed by atoms with Crippen LogP contribution in [-0.4, -0.2) is 52.6 Å². The summed E-state index contributed by atoms with van der Waals surface area (Å²) >= 11 is 0. The average molecular weight is 388 g/mol. The molecule has 2 aromatic heterocycles. The Kier molecular flexibility index (Phi) is 5.93. The number of pyridine rings is 2. The van der Waals surface area contributed by atoms with Gasteiger partial charge in [-0.1, -0.05) is 17.9 Å². The van der Waals surface area contributed by atoms with Gasteiger partial charge >= 0.3 is 0 Å². The van der Waals surface area contributed by atoms with Crippen molar-refractivity contribution in [2.45, 2.75) is 25.9 Å². The van der Waals surface area contributed by atoms with Gasteiger partial charge < -0.3 is 21.1 Å². The summed E-state index contributed by atoms with van der Waals surface area (Å²) in [5.74, 6) is 6.14. The molecule has 28 heavy (non-hydrogen) atoms. The fourth-order valence-electron chi connectivity index (χ4n) is 2.89. The van der Waals surface area contributed by atoms with Crippen LogP contribution in [-0.2, 0) is 0 Å². The molecule has 154 valence electrons. The lowest BCUT2D eigenvalue weighted by Crippen LogP contribution is -2.29. The van der Waals surface area contributed by atoms with Gasteiger partial charge in [-0.25, -0.2) is 9.97 Å². The molecule has 0 bridgehead atoms. The molecule has 7 nitrogen and oxygen atoms in total. The van der Waals surface area contributed by atoms with E-state index >= 15 is 0 Å². The third-order valence-corrected chi connectivity index (χ3v) is 4.31. The van der Waals surface area contributed by atoms with E-state index in [4.69, 9.17) is 5.73 Å². The van der Waals surface area contributed by atoms with E-state index < -0.39 is 5.60 Å². The van der Waals surface area contributed by atoms with Gasteiger partial charge in [0.1, 0.15) is 22.9 Å². The Bertz CT molecular complexity index is 934. The van der Waals surface area contributed by atoms with Crippen LogP contribution >= 0.6 is 0 Å². The molecule has 1 aliphatic rings. The van der Waals surface area contributed by atoms with Crippen LogP contribution in [0.3, 0.4) is 0 Å². The lowest BCUT2D eigenvalue weighted by atomic mass is 10.1. The van der Waals surface area contributed by atoms with Crippen molar-refractivity contribution in [2.75, 3.05) is 36.8 Å². The molecular weight excluding hydrogens is 354 g/mol. The summed E-state index contributed by atoms with van der Waals surface area (Å²) in [6.45, 7) is 6.78. The first-order valence-corrected chi connectivity index (χ1v) is 9.32. The maximum Gasteiger partial charge on any atom is 0.215 e. The fourth-order valence-corrected chi connectivity index (χ4v) is 2.89. The zero-order chi connectivity index (χ0) is 20.1. The van der Waals surface area contributed by atoms with Crippen molar-refractivity contribution in [1.29, 1.82) is 0 Å². The largest absolute Gasteiger partial charge is 0.383 e. The van der Waals surface area contributed by atoms with E-state index in [2.05, 4.69) is 32.0 Å². The minimum atomic E-state index is -1.14. The van der Waals surface area contributed by atoms with Crippen molar-refractivity contribution in [3.63, 3.8) is 0 Å². The minimum absolute atomic E-state index is 0. The number of anilines is 2. The summed E-state index contributed by atoms with van der Waals surface area (Å²) < 4.78 is 0. The van der Waals surface area contributed by atoms with Crippen LogP contribution in [0.2, 0.25) is 0 Å². The van der Waals surface area contributed by atoms with E-state index in [0.717, 1.165) is 38.4 Å². The second-order valence-electron chi connectivity index (χ2n) is 7.27. The molecule has 3 rings (SSSR count). The molecule has 1 saturated heterocycles. The van der Waals surface area contributed by atoms with E-state index in [0.29, 0.717) is 11.3 Å². The molecule has 0 aromatic carbocycles. The topological polar surface area (TPSA) is 104 Å². The zero-order valence-corrected chi connectivity index (χ0v) is 16.2. The fraction of sp³-hybridized carbons (Fsp3) is 0.381. The number of rotatable bonds is 3. The van der Waals surface area contributed by atoms with Crippen LogP contribution in [0.15, 0.2) is 30.5 Å². The number of carbonyl (C=O) groups is 1. The number of aromatic nitrogens is 2. The van der Waals surface area contributed by atoms with Crippen molar-refractivity contribution in [3.05, 3.63) is 47.3 Å². The number of aliphatic hydroxyl groups is 1. The van der Waals surface area contributed by atoms with E-state index in [9.17, 15) is 9.90 Å². The Labute approximate surface area is 170 Å². The van der Waals surface area contributed by atoms with Crippen LogP contribution < -0.4 is 16.0 Å². The SMILES string of the molecule is CC(C)(O)C#Cc1cnc(N)c(C(=O)c2cccc(N3CCCNCC3)n2)c1.[HH].[HH].[HH].[HH]. The number of nitrogens with one attached hydrogen (secondary N) is 1. The van der Waals surface area contributed by atoms with E-state index in [-0.39, 0.29) is 22.9 Å². The summed E-state index contributed by atoms with van der Waals surface area (Å²) in [4.78, 5) is 23.8. The second kappa shape index (κ2) is 8.38. The zero-order valence-electron chi connectivity index (χ0n) is 16.2.